The van der Waals surface area contributed by atoms with Crippen LogP contribution in [0.2, 0.25) is 0 Å². The van der Waals surface area contributed by atoms with Gasteiger partial charge in [-0.1, -0.05) is 97.1 Å². The van der Waals surface area contributed by atoms with Crippen LogP contribution in [0.3, 0.4) is 0 Å². The molecule has 0 aromatic heterocycles. The molecule has 0 aliphatic heterocycles. The van der Waals surface area contributed by atoms with E-state index in [0.29, 0.717) is 5.75 Å². The zero-order valence-electron chi connectivity index (χ0n) is 15.5. The topological polar surface area (TPSA) is 20.2 Å². The Morgan fingerprint density at radius 3 is 1.79 bits per heavy atom. The van der Waals surface area contributed by atoms with E-state index in [9.17, 15) is 5.11 Å². The highest BCUT2D eigenvalue weighted by atomic mass is 16.3. The summed E-state index contributed by atoms with van der Waals surface area (Å²) in [6.07, 6.45) is 0.823. The minimum atomic E-state index is 0.323. The van der Waals surface area contributed by atoms with Crippen molar-refractivity contribution in [3.8, 4) is 16.9 Å². The van der Waals surface area contributed by atoms with Crippen LogP contribution in [-0.4, -0.2) is 5.11 Å². The van der Waals surface area contributed by atoms with Gasteiger partial charge in [-0.2, -0.15) is 0 Å². The molecule has 0 aliphatic carbocycles. The molecule has 0 atom stereocenters. The predicted molar refractivity (Wildman–Crippen MR) is 118 cm³/mol. The molecule has 28 heavy (non-hydrogen) atoms. The Kier molecular flexibility index (Phi) is 4.06. The van der Waals surface area contributed by atoms with E-state index in [0.717, 1.165) is 28.3 Å². The first-order chi connectivity index (χ1) is 13.8. The van der Waals surface area contributed by atoms with Crippen molar-refractivity contribution in [1.29, 1.82) is 0 Å². The lowest BCUT2D eigenvalue weighted by molar-refractivity contribution is 0.478. The zero-order valence-corrected chi connectivity index (χ0v) is 15.5. The first-order valence-corrected chi connectivity index (χ1v) is 9.57. The molecule has 5 aromatic carbocycles. The molecule has 1 N–H and O–H groups in total. The lowest BCUT2D eigenvalue weighted by Gasteiger charge is -2.17. The molecule has 134 valence electrons. The molecule has 1 heteroatoms. The van der Waals surface area contributed by atoms with Crippen LogP contribution in [0.15, 0.2) is 103 Å². The number of phenolic OH excluding ortho intramolecular Hbond substituents is 1. The molecule has 0 amide bonds. The summed E-state index contributed by atoms with van der Waals surface area (Å²) >= 11 is 0. The van der Waals surface area contributed by atoms with Crippen molar-refractivity contribution in [3.63, 3.8) is 0 Å². The average Bonchev–Trinajstić information content (AvgIpc) is 2.75. The van der Waals surface area contributed by atoms with E-state index >= 15 is 0 Å². The Bertz CT molecular complexity index is 1290. The van der Waals surface area contributed by atoms with Gasteiger partial charge in [-0.05, 0) is 50.7 Å². The molecule has 0 aliphatic rings. The third-order valence-electron chi connectivity index (χ3n) is 5.41. The lowest BCUT2D eigenvalue weighted by atomic mass is 9.87. The molecule has 0 radical (unpaired) electrons. The van der Waals surface area contributed by atoms with E-state index in [1.807, 2.05) is 30.3 Å². The number of phenols is 1. The molecule has 1 nitrogen and oxygen atoms in total. The molecule has 0 unspecified atom stereocenters. The van der Waals surface area contributed by atoms with Crippen molar-refractivity contribution < 1.29 is 5.11 Å². The first-order valence-electron chi connectivity index (χ1n) is 9.57. The van der Waals surface area contributed by atoms with E-state index in [4.69, 9.17) is 0 Å². The second kappa shape index (κ2) is 6.86. The second-order valence-electron chi connectivity index (χ2n) is 7.16. The fourth-order valence-electron chi connectivity index (χ4n) is 4.10. The van der Waals surface area contributed by atoms with Crippen molar-refractivity contribution in [2.75, 3.05) is 0 Å². The van der Waals surface area contributed by atoms with Gasteiger partial charge in [0.25, 0.3) is 0 Å². The van der Waals surface area contributed by atoms with Gasteiger partial charge < -0.3 is 5.11 Å². The largest absolute Gasteiger partial charge is 0.507 e. The van der Waals surface area contributed by atoms with Gasteiger partial charge in [-0.25, -0.2) is 0 Å². The lowest BCUT2D eigenvalue weighted by Crippen LogP contribution is -1.95. The van der Waals surface area contributed by atoms with Gasteiger partial charge in [-0.3, -0.25) is 0 Å². The molecule has 0 bridgehead atoms. The summed E-state index contributed by atoms with van der Waals surface area (Å²) in [6, 6.07) is 35.4. The number of rotatable bonds is 3. The fourth-order valence-corrected chi connectivity index (χ4v) is 4.10. The maximum atomic E-state index is 10.9. The van der Waals surface area contributed by atoms with Gasteiger partial charge in [0, 0.05) is 5.56 Å². The smallest absolute Gasteiger partial charge is 0.124 e. The molecule has 5 aromatic rings. The molecular formula is C27H20O. The number of hydrogen-bond acceptors (Lipinski definition) is 1. The number of hydrogen-bond donors (Lipinski definition) is 1. The molecule has 0 spiro atoms. The van der Waals surface area contributed by atoms with Gasteiger partial charge in [0.1, 0.15) is 5.75 Å². The predicted octanol–water partition coefficient (Wildman–Crippen LogP) is 6.96. The van der Waals surface area contributed by atoms with Crippen molar-refractivity contribution in [2.24, 2.45) is 0 Å². The van der Waals surface area contributed by atoms with E-state index in [-0.39, 0.29) is 0 Å². The Morgan fingerprint density at radius 1 is 0.500 bits per heavy atom. The molecule has 0 heterocycles. The van der Waals surface area contributed by atoms with E-state index in [1.165, 1.54) is 21.9 Å². The van der Waals surface area contributed by atoms with Gasteiger partial charge in [0.15, 0.2) is 0 Å². The van der Waals surface area contributed by atoms with Gasteiger partial charge in [-0.15, -0.1) is 0 Å². The normalized spacial score (nSPS) is 11.1. The number of fused-ring (bicyclic) bond motifs is 2. The number of benzene rings is 5. The van der Waals surface area contributed by atoms with Crippen LogP contribution in [0.1, 0.15) is 11.1 Å². The Balaban J connectivity index is 1.86. The summed E-state index contributed by atoms with van der Waals surface area (Å²) in [5.41, 5.74) is 4.52. The van der Waals surface area contributed by atoms with Gasteiger partial charge in [0.2, 0.25) is 0 Å². The van der Waals surface area contributed by atoms with Gasteiger partial charge >= 0.3 is 0 Å². The Labute approximate surface area is 164 Å². The summed E-state index contributed by atoms with van der Waals surface area (Å²) in [6.45, 7) is 0. The minimum Gasteiger partial charge on any atom is -0.507 e. The maximum Gasteiger partial charge on any atom is 0.124 e. The SMILES string of the molecule is Oc1ccc2ccccc2c1-c1c(Cc2ccccc2)ccc2ccccc12. The highest BCUT2D eigenvalue weighted by Gasteiger charge is 2.16. The monoisotopic (exact) mass is 360 g/mol. The Morgan fingerprint density at radius 2 is 1.07 bits per heavy atom. The van der Waals surface area contributed by atoms with Crippen LogP contribution < -0.4 is 0 Å². The van der Waals surface area contributed by atoms with E-state index < -0.39 is 0 Å². The third-order valence-corrected chi connectivity index (χ3v) is 5.41. The molecule has 0 saturated heterocycles. The van der Waals surface area contributed by atoms with Crippen molar-refractivity contribution in [3.05, 3.63) is 114 Å². The number of aromatic hydroxyl groups is 1. The standard InChI is InChI=1S/C27H20O/c28-25-17-16-21-11-5-7-13-24(21)27(25)26-22(18-19-8-2-1-3-9-19)15-14-20-10-4-6-12-23(20)26/h1-17,28H,18H2. The van der Waals surface area contributed by atoms with Crippen LogP contribution in [0.4, 0.5) is 0 Å². The highest BCUT2D eigenvalue weighted by Crippen LogP contribution is 2.42. The van der Waals surface area contributed by atoms with Crippen LogP contribution in [0.25, 0.3) is 32.7 Å². The van der Waals surface area contributed by atoms with Gasteiger partial charge in [0.05, 0.1) is 0 Å². The van der Waals surface area contributed by atoms with Crippen molar-refractivity contribution in [2.45, 2.75) is 6.42 Å². The van der Waals surface area contributed by atoms with Crippen LogP contribution in [0.5, 0.6) is 5.75 Å². The summed E-state index contributed by atoms with van der Waals surface area (Å²) in [5.74, 6) is 0.323. The quantitative estimate of drug-likeness (QED) is 0.369. The van der Waals surface area contributed by atoms with Crippen LogP contribution in [-0.2, 0) is 6.42 Å². The second-order valence-corrected chi connectivity index (χ2v) is 7.16. The zero-order chi connectivity index (χ0) is 18.9. The molecular weight excluding hydrogens is 340 g/mol. The molecule has 0 fully saturated rings. The summed E-state index contributed by atoms with van der Waals surface area (Å²) in [7, 11) is 0. The summed E-state index contributed by atoms with van der Waals surface area (Å²) < 4.78 is 0. The van der Waals surface area contributed by atoms with E-state index in [2.05, 4.69) is 72.8 Å². The highest BCUT2D eigenvalue weighted by molar-refractivity contribution is 6.08. The third kappa shape index (κ3) is 2.82. The summed E-state index contributed by atoms with van der Waals surface area (Å²) in [4.78, 5) is 0. The average molecular weight is 360 g/mol. The van der Waals surface area contributed by atoms with Crippen molar-refractivity contribution >= 4 is 21.5 Å². The molecule has 0 saturated carbocycles. The van der Waals surface area contributed by atoms with Crippen LogP contribution in [0, 0.1) is 0 Å². The van der Waals surface area contributed by atoms with Crippen LogP contribution >= 0.6 is 0 Å². The minimum absolute atomic E-state index is 0.323. The fraction of sp³-hybridized carbons (Fsp3) is 0.0370. The molecule has 5 rings (SSSR count). The van der Waals surface area contributed by atoms with E-state index in [1.54, 1.807) is 0 Å². The first kappa shape index (κ1) is 16.6. The maximum absolute atomic E-state index is 10.9. The summed E-state index contributed by atoms with van der Waals surface area (Å²) in [5, 5.41) is 15.5. The Hall–Kier alpha value is -3.58. The van der Waals surface area contributed by atoms with Crippen molar-refractivity contribution in [1.82, 2.24) is 0 Å².